The van der Waals surface area contributed by atoms with Crippen molar-refractivity contribution in [1.82, 2.24) is 14.5 Å². The van der Waals surface area contributed by atoms with Gasteiger partial charge in [-0.05, 0) is 37.3 Å². The lowest BCUT2D eigenvalue weighted by Crippen LogP contribution is -2.41. The highest BCUT2D eigenvalue weighted by atomic mass is 35.5. The van der Waals surface area contributed by atoms with Crippen molar-refractivity contribution >= 4 is 22.7 Å². The van der Waals surface area contributed by atoms with Crippen LogP contribution in [-0.4, -0.2) is 26.8 Å². The van der Waals surface area contributed by atoms with E-state index in [9.17, 15) is 9.59 Å². The number of fused-ring (bicyclic) bond motifs is 1. The number of aromatic nitrogens is 2. The van der Waals surface area contributed by atoms with Crippen molar-refractivity contribution in [3.8, 4) is 0 Å². The minimum Gasteiger partial charge on any atom is -0.344 e. The molecule has 0 amide bonds. The van der Waals surface area contributed by atoms with Crippen LogP contribution in [0.25, 0.3) is 0 Å². The zero-order valence-electron chi connectivity index (χ0n) is 10.8. The Balaban J connectivity index is 2.24. The van der Waals surface area contributed by atoms with Crippen molar-refractivity contribution in [2.24, 2.45) is 10.9 Å². The Morgan fingerprint density at radius 2 is 2.11 bits per heavy atom. The van der Waals surface area contributed by atoms with E-state index in [2.05, 4.69) is 9.98 Å². The molecule has 2 heterocycles. The van der Waals surface area contributed by atoms with E-state index in [1.54, 1.807) is 11.9 Å². The predicted molar refractivity (Wildman–Crippen MR) is 73.2 cm³/mol. The molecule has 0 aromatic carbocycles. The van der Waals surface area contributed by atoms with Gasteiger partial charge in [0.2, 0.25) is 5.29 Å². The second-order valence-electron chi connectivity index (χ2n) is 5.25. The van der Waals surface area contributed by atoms with Gasteiger partial charge in [0.1, 0.15) is 0 Å². The molecule has 0 spiro atoms. The van der Waals surface area contributed by atoms with E-state index in [1.807, 2.05) is 6.92 Å². The molecule has 6 nitrogen and oxygen atoms in total. The summed E-state index contributed by atoms with van der Waals surface area (Å²) in [5, 5.41) is 0.329. The summed E-state index contributed by atoms with van der Waals surface area (Å²) < 4.78 is 1.50. The molecule has 7 heteroatoms. The maximum Gasteiger partial charge on any atom is 0.318 e. The van der Waals surface area contributed by atoms with Gasteiger partial charge < -0.3 is 9.88 Å². The summed E-state index contributed by atoms with van der Waals surface area (Å²) in [4.78, 5) is 32.4. The van der Waals surface area contributed by atoms with Gasteiger partial charge in [-0.15, -0.1) is 0 Å². The lowest BCUT2D eigenvalue weighted by molar-refractivity contribution is 0.444. The van der Waals surface area contributed by atoms with Crippen molar-refractivity contribution in [3.05, 3.63) is 26.4 Å². The molecular weight excluding hydrogens is 268 g/mol. The smallest absolute Gasteiger partial charge is 0.318 e. The number of nitrogens with one attached hydrogen (secondary N) is 1. The Hall–Kier alpha value is -1.56. The van der Waals surface area contributed by atoms with E-state index in [0.717, 1.165) is 12.8 Å². The number of H-pyrrole nitrogens is 1. The number of aromatic amines is 1. The molecule has 1 saturated carbocycles. The standard InChI is InChI=1S/C12H15ClN4O2/c1-6(7-3-4-7)17-9-8(14-10(18)11(17)19)5-16(2)12(13)15-9/h6-7H,3-5H2,1-2H3,(H,14,18)/t6-/m0/s1. The van der Waals surface area contributed by atoms with Gasteiger partial charge in [-0.3, -0.25) is 14.2 Å². The topological polar surface area (TPSA) is 70.5 Å². The highest BCUT2D eigenvalue weighted by Gasteiger charge is 2.33. The van der Waals surface area contributed by atoms with Crippen molar-refractivity contribution in [2.45, 2.75) is 32.4 Å². The molecule has 1 atom stereocenters. The van der Waals surface area contributed by atoms with Gasteiger partial charge >= 0.3 is 11.1 Å². The number of rotatable bonds is 2. The molecule has 1 aromatic rings. The van der Waals surface area contributed by atoms with Gasteiger partial charge in [-0.25, -0.2) is 4.99 Å². The first kappa shape index (κ1) is 12.5. The van der Waals surface area contributed by atoms with Crippen LogP contribution in [0.1, 0.15) is 31.5 Å². The quantitative estimate of drug-likeness (QED) is 0.654. The van der Waals surface area contributed by atoms with Gasteiger partial charge in [-0.2, -0.15) is 0 Å². The molecule has 1 aliphatic heterocycles. The van der Waals surface area contributed by atoms with E-state index in [0.29, 0.717) is 29.3 Å². The summed E-state index contributed by atoms with van der Waals surface area (Å²) >= 11 is 6.03. The van der Waals surface area contributed by atoms with Crippen LogP contribution in [-0.2, 0) is 6.54 Å². The van der Waals surface area contributed by atoms with Gasteiger partial charge in [-0.1, -0.05) is 0 Å². The number of hydrogen-bond acceptors (Lipinski definition) is 4. The monoisotopic (exact) mass is 282 g/mol. The molecule has 0 bridgehead atoms. The van der Waals surface area contributed by atoms with Crippen molar-refractivity contribution in [1.29, 1.82) is 0 Å². The maximum atomic E-state index is 12.1. The normalized spacial score (nSPS) is 19.9. The SMILES string of the molecule is C[C@@H](C1CC1)n1c2c([nH]c(=O)c1=O)CN(C)C(Cl)=N2. The van der Waals surface area contributed by atoms with E-state index < -0.39 is 11.1 Å². The third kappa shape index (κ3) is 2.00. The molecule has 0 radical (unpaired) electrons. The maximum absolute atomic E-state index is 12.1. The van der Waals surface area contributed by atoms with E-state index in [-0.39, 0.29) is 6.04 Å². The lowest BCUT2D eigenvalue weighted by atomic mass is 10.2. The molecule has 0 unspecified atom stereocenters. The minimum absolute atomic E-state index is 0.0137. The summed E-state index contributed by atoms with van der Waals surface area (Å²) in [5.74, 6) is 0.948. The van der Waals surface area contributed by atoms with Gasteiger partial charge in [0.05, 0.1) is 12.2 Å². The van der Waals surface area contributed by atoms with Crippen LogP contribution in [0.5, 0.6) is 0 Å². The van der Waals surface area contributed by atoms with Crippen molar-refractivity contribution in [3.63, 3.8) is 0 Å². The number of nitrogens with zero attached hydrogens (tertiary/aromatic N) is 3. The van der Waals surface area contributed by atoms with E-state index >= 15 is 0 Å². The second-order valence-corrected chi connectivity index (χ2v) is 5.58. The average molecular weight is 283 g/mol. The van der Waals surface area contributed by atoms with Crippen LogP contribution in [0.15, 0.2) is 14.6 Å². The first-order valence-corrected chi connectivity index (χ1v) is 6.70. The summed E-state index contributed by atoms with van der Waals surface area (Å²) in [7, 11) is 1.78. The zero-order chi connectivity index (χ0) is 13.7. The molecule has 102 valence electrons. The summed E-state index contributed by atoms with van der Waals surface area (Å²) in [6.07, 6.45) is 2.18. The zero-order valence-corrected chi connectivity index (χ0v) is 11.6. The first-order valence-electron chi connectivity index (χ1n) is 6.32. The number of aliphatic imine (C=N–C) groups is 1. The Morgan fingerprint density at radius 1 is 1.42 bits per heavy atom. The van der Waals surface area contributed by atoms with E-state index in [1.165, 1.54) is 4.57 Å². The summed E-state index contributed by atoms with van der Waals surface area (Å²) in [6.45, 7) is 2.41. The molecule has 19 heavy (non-hydrogen) atoms. The Kier molecular flexibility index (Phi) is 2.78. The fourth-order valence-electron chi connectivity index (χ4n) is 2.47. The van der Waals surface area contributed by atoms with Gasteiger partial charge in [0, 0.05) is 13.1 Å². The number of halogens is 1. The highest BCUT2D eigenvalue weighted by Crippen LogP contribution is 2.40. The van der Waals surface area contributed by atoms with Crippen LogP contribution in [0.4, 0.5) is 5.82 Å². The summed E-state index contributed by atoms with van der Waals surface area (Å²) in [6, 6.07) is -0.0137. The van der Waals surface area contributed by atoms with Crippen LogP contribution < -0.4 is 11.1 Å². The molecule has 1 N–H and O–H groups in total. The Labute approximate surface area is 114 Å². The molecule has 1 aliphatic carbocycles. The molecule has 1 aromatic heterocycles. The predicted octanol–water partition coefficient (Wildman–Crippen LogP) is 1.18. The molecular formula is C12H15ClN4O2. The third-order valence-electron chi connectivity index (χ3n) is 3.80. The Bertz CT molecular complexity index is 671. The van der Waals surface area contributed by atoms with Gasteiger partial charge in [0.25, 0.3) is 0 Å². The second kappa shape index (κ2) is 4.23. The average Bonchev–Trinajstić information content (AvgIpc) is 3.17. The highest BCUT2D eigenvalue weighted by molar-refractivity contribution is 6.64. The lowest BCUT2D eigenvalue weighted by Gasteiger charge is -2.26. The molecule has 2 aliphatic rings. The Morgan fingerprint density at radius 3 is 2.74 bits per heavy atom. The van der Waals surface area contributed by atoms with E-state index in [4.69, 9.17) is 11.6 Å². The molecule has 0 saturated heterocycles. The van der Waals surface area contributed by atoms with Crippen LogP contribution >= 0.6 is 11.6 Å². The number of hydrogen-bond donors (Lipinski definition) is 1. The molecule has 3 rings (SSSR count). The third-order valence-corrected chi connectivity index (χ3v) is 4.17. The fraction of sp³-hybridized carbons (Fsp3) is 0.583. The van der Waals surface area contributed by atoms with Crippen LogP contribution in [0.2, 0.25) is 0 Å². The van der Waals surface area contributed by atoms with Gasteiger partial charge in [0.15, 0.2) is 5.82 Å². The van der Waals surface area contributed by atoms with Crippen LogP contribution in [0.3, 0.4) is 0 Å². The first-order chi connectivity index (χ1) is 8.99. The summed E-state index contributed by atoms with van der Waals surface area (Å²) in [5.41, 5.74) is -0.493. The molecule has 1 fully saturated rings. The largest absolute Gasteiger partial charge is 0.344 e. The minimum atomic E-state index is -0.590. The fourth-order valence-corrected chi connectivity index (χ4v) is 2.61. The van der Waals surface area contributed by atoms with Crippen LogP contribution in [0, 0.1) is 5.92 Å². The van der Waals surface area contributed by atoms with Crippen molar-refractivity contribution < 1.29 is 0 Å². The van der Waals surface area contributed by atoms with Crippen molar-refractivity contribution in [2.75, 3.05) is 7.05 Å². The number of amidine groups is 1.